The first-order valence-electron chi connectivity index (χ1n) is 7.43. The monoisotopic (exact) mass is 372 g/mol. The second-order valence-electron chi connectivity index (χ2n) is 5.16. The summed E-state index contributed by atoms with van der Waals surface area (Å²) in [5, 5.41) is 2.84. The number of hydrogen-bond donors (Lipinski definition) is 2. The van der Waals surface area contributed by atoms with Crippen LogP contribution in [-0.2, 0) is 6.54 Å². The van der Waals surface area contributed by atoms with E-state index in [0.717, 1.165) is 17.0 Å². The zero-order valence-corrected chi connectivity index (χ0v) is 15.1. The second-order valence-corrected chi connectivity index (χ2v) is 6.80. The fourth-order valence-corrected chi connectivity index (χ4v) is 3.57. The number of nitrogens with zero attached hydrogens (tertiary/aromatic N) is 2. The van der Waals surface area contributed by atoms with Crippen molar-refractivity contribution in [1.29, 1.82) is 0 Å². The van der Waals surface area contributed by atoms with Crippen LogP contribution in [0.25, 0.3) is 5.69 Å². The molecule has 0 atom stereocenters. The summed E-state index contributed by atoms with van der Waals surface area (Å²) in [5.41, 5.74) is 7.87. The summed E-state index contributed by atoms with van der Waals surface area (Å²) in [7, 11) is 1.60. The smallest absolute Gasteiger partial charge is 0.265 e. The number of aromatic nitrogens is 2. The lowest BCUT2D eigenvalue weighted by Crippen LogP contribution is -2.23. The molecule has 3 N–H and O–H groups in total. The lowest BCUT2D eigenvalue weighted by Gasteiger charge is -2.08. The Morgan fingerprint density at radius 2 is 2.12 bits per heavy atom. The van der Waals surface area contributed by atoms with Gasteiger partial charge < -0.3 is 15.8 Å². The Kier molecular flexibility index (Phi) is 5.11. The Labute approximate surface area is 153 Å². The van der Waals surface area contributed by atoms with Crippen molar-refractivity contribution in [3.05, 3.63) is 63.2 Å². The van der Waals surface area contributed by atoms with E-state index in [9.17, 15) is 4.79 Å². The highest BCUT2D eigenvalue weighted by Gasteiger charge is 2.18. The number of rotatable bonds is 5. The van der Waals surface area contributed by atoms with E-state index in [1.165, 1.54) is 11.3 Å². The molecular weight excluding hydrogens is 356 g/mol. The maximum atomic E-state index is 12.5. The van der Waals surface area contributed by atoms with Gasteiger partial charge in [-0.25, -0.2) is 0 Å². The highest BCUT2D eigenvalue weighted by molar-refractivity contribution is 7.73. The number of thiazole rings is 1. The third-order valence-corrected chi connectivity index (χ3v) is 4.95. The summed E-state index contributed by atoms with van der Waals surface area (Å²) in [6.45, 7) is 0.374. The minimum absolute atomic E-state index is 0.260. The molecule has 25 heavy (non-hydrogen) atoms. The van der Waals surface area contributed by atoms with Crippen LogP contribution in [0.2, 0.25) is 0 Å². The highest BCUT2D eigenvalue weighted by atomic mass is 32.1. The normalized spacial score (nSPS) is 10.4. The summed E-state index contributed by atoms with van der Waals surface area (Å²) in [4.78, 5) is 16.9. The number of nitrogen functional groups attached to an aromatic ring is 1. The van der Waals surface area contributed by atoms with Crippen molar-refractivity contribution in [3.63, 3.8) is 0 Å². The number of methoxy groups -OCH3 is 1. The molecule has 0 radical (unpaired) electrons. The van der Waals surface area contributed by atoms with Crippen LogP contribution < -0.4 is 15.8 Å². The van der Waals surface area contributed by atoms with Crippen LogP contribution in [0.5, 0.6) is 5.75 Å². The van der Waals surface area contributed by atoms with Gasteiger partial charge in [0.05, 0.1) is 7.11 Å². The van der Waals surface area contributed by atoms with E-state index >= 15 is 0 Å². The number of anilines is 1. The van der Waals surface area contributed by atoms with E-state index < -0.39 is 0 Å². The Morgan fingerprint density at radius 1 is 1.36 bits per heavy atom. The number of pyridine rings is 1. The Balaban J connectivity index is 1.83. The van der Waals surface area contributed by atoms with Crippen molar-refractivity contribution in [2.45, 2.75) is 6.54 Å². The van der Waals surface area contributed by atoms with Crippen LogP contribution in [0.15, 0.2) is 48.8 Å². The van der Waals surface area contributed by atoms with Crippen LogP contribution in [-0.4, -0.2) is 22.6 Å². The molecule has 2 aromatic heterocycles. The number of benzene rings is 1. The molecule has 3 rings (SSSR count). The van der Waals surface area contributed by atoms with Crippen LogP contribution in [0.1, 0.15) is 15.2 Å². The standard InChI is InChI=1S/C17H16N4O2S2/c1-23-13-6-4-12(5-7-13)21-15(18)14(25-17(21)24)16(22)20-10-11-3-2-8-19-9-11/h2-9H,10,18H2,1H3,(H,20,22). The molecule has 0 aliphatic heterocycles. The molecule has 0 saturated carbocycles. The molecule has 0 aliphatic carbocycles. The third-order valence-electron chi connectivity index (χ3n) is 3.56. The van der Waals surface area contributed by atoms with Gasteiger partial charge in [-0.1, -0.05) is 17.4 Å². The van der Waals surface area contributed by atoms with Crippen molar-refractivity contribution in [3.8, 4) is 11.4 Å². The predicted octanol–water partition coefficient (Wildman–Crippen LogP) is 3.18. The number of carbonyl (C=O) groups is 1. The molecule has 128 valence electrons. The number of carbonyl (C=O) groups excluding carboxylic acids is 1. The fourth-order valence-electron chi connectivity index (χ4n) is 2.29. The SMILES string of the molecule is COc1ccc(-n2c(N)c(C(=O)NCc3cccnc3)sc2=S)cc1. The summed E-state index contributed by atoms with van der Waals surface area (Å²) < 4.78 is 7.34. The van der Waals surface area contributed by atoms with E-state index in [4.69, 9.17) is 22.7 Å². The maximum Gasteiger partial charge on any atom is 0.265 e. The van der Waals surface area contributed by atoms with Gasteiger partial charge in [-0.3, -0.25) is 14.3 Å². The van der Waals surface area contributed by atoms with Gasteiger partial charge in [-0.05, 0) is 48.1 Å². The van der Waals surface area contributed by atoms with Crippen LogP contribution >= 0.6 is 23.6 Å². The average Bonchev–Trinajstić information content (AvgIpc) is 2.95. The zero-order chi connectivity index (χ0) is 17.8. The number of amides is 1. The van der Waals surface area contributed by atoms with Gasteiger partial charge in [0.25, 0.3) is 5.91 Å². The van der Waals surface area contributed by atoms with Gasteiger partial charge >= 0.3 is 0 Å². The molecule has 1 aromatic carbocycles. The lowest BCUT2D eigenvalue weighted by molar-refractivity contribution is 0.0955. The lowest BCUT2D eigenvalue weighted by atomic mass is 10.3. The van der Waals surface area contributed by atoms with Crippen molar-refractivity contribution in [1.82, 2.24) is 14.9 Å². The minimum Gasteiger partial charge on any atom is -0.497 e. The molecule has 3 aromatic rings. The van der Waals surface area contributed by atoms with Crippen LogP contribution in [0.4, 0.5) is 5.82 Å². The Hall–Kier alpha value is -2.71. The molecule has 1 amide bonds. The summed E-state index contributed by atoms with van der Waals surface area (Å²) in [6.07, 6.45) is 3.39. The van der Waals surface area contributed by atoms with Crippen molar-refractivity contribution in [2.75, 3.05) is 12.8 Å². The molecule has 6 nitrogen and oxygen atoms in total. The zero-order valence-electron chi connectivity index (χ0n) is 13.4. The first-order chi connectivity index (χ1) is 12.1. The molecule has 0 unspecified atom stereocenters. The van der Waals surface area contributed by atoms with Gasteiger partial charge in [-0.2, -0.15) is 0 Å². The Morgan fingerprint density at radius 3 is 2.76 bits per heavy atom. The number of hydrogen-bond acceptors (Lipinski definition) is 6. The molecule has 0 fully saturated rings. The Bertz CT molecular complexity index is 934. The van der Waals surface area contributed by atoms with Gasteiger partial charge in [0, 0.05) is 24.6 Å². The molecule has 0 spiro atoms. The first kappa shape index (κ1) is 17.1. The van der Waals surface area contributed by atoms with Crippen molar-refractivity contribution in [2.24, 2.45) is 0 Å². The summed E-state index contributed by atoms with van der Waals surface area (Å²) in [5.74, 6) is 0.798. The van der Waals surface area contributed by atoms with Crippen molar-refractivity contribution < 1.29 is 9.53 Å². The number of nitrogens with two attached hydrogens (primary N) is 1. The largest absolute Gasteiger partial charge is 0.497 e. The van der Waals surface area contributed by atoms with Gasteiger partial charge in [0.2, 0.25) is 0 Å². The molecular formula is C17H16N4O2S2. The summed E-state index contributed by atoms with van der Waals surface area (Å²) >= 11 is 6.56. The fraction of sp³-hybridized carbons (Fsp3) is 0.118. The molecule has 0 bridgehead atoms. The first-order valence-corrected chi connectivity index (χ1v) is 8.65. The predicted molar refractivity (Wildman–Crippen MR) is 101 cm³/mol. The van der Waals surface area contributed by atoms with E-state index in [1.54, 1.807) is 24.1 Å². The van der Waals surface area contributed by atoms with E-state index in [0.29, 0.717) is 21.2 Å². The molecule has 0 aliphatic rings. The number of nitrogens with one attached hydrogen (secondary N) is 1. The van der Waals surface area contributed by atoms with Gasteiger partial charge in [0.1, 0.15) is 16.4 Å². The van der Waals surface area contributed by atoms with E-state index in [-0.39, 0.29) is 5.91 Å². The van der Waals surface area contributed by atoms with Gasteiger partial charge in [0.15, 0.2) is 3.95 Å². The van der Waals surface area contributed by atoms with E-state index in [1.807, 2.05) is 36.4 Å². The average molecular weight is 372 g/mol. The van der Waals surface area contributed by atoms with Crippen molar-refractivity contribution >= 4 is 35.3 Å². The second kappa shape index (κ2) is 7.45. The maximum absolute atomic E-state index is 12.5. The highest BCUT2D eigenvalue weighted by Crippen LogP contribution is 2.27. The summed E-state index contributed by atoms with van der Waals surface area (Å²) in [6, 6.07) is 11.0. The quantitative estimate of drug-likeness (QED) is 0.672. The topological polar surface area (TPSA) is 82.2 Å². The molecule has 2 heterocycles. The molecule has 0 saturated heterocycles. The van der Waals surface area contributed by atoms with Gasteiger partial charge in [-0.15, -0.1) is 0 Å². The minimum atomic E-state index is -0.260. The molecule has 8 heteroatoms. The van der Waals surface area contributed by atoms with E-state index in [2.05, 4.69) is 10.3 Å². The van der Waals surface area contributed by atoms with Crippen LogP contribution in [0, 0.1) is 3.95 Å². The van der Waals surface area contributed by atoms with Crippen LogP contribution in [0.3, 0.4) is 0 Å². The third kappa shape index (κ3) is 3.70. The number of ether oxygens (including phenoxy) is 1.